The molecule has 0 fully saturated rings. The highest BCUT2D eigenvalue weighted by atomic mass is 16.5. The monoisotopic (exact) mass is 334 g/mol. The number of hydrogen-bond acceptors (Lipinski definition) is 3. The van der Waals surface area contributed by atoms with Crippen molar-refractivity contribution in [1.29, 1.82) is 0 Å². The number of guanidine groups is 1. The molecule has 0 aliphatic rings. The number of nitrogens with zero attached hydrogens (tertiary/aromatic N) is 2. The number of nitrogens with one attached hydrogen (secondary N) is 2. The van der Waals surface area contributed by atoms with Crippen LogP contribution in [0.1, 0.15) is 18.2 Å². The minimum atomic E-state index is 0.553. The summed E-state index contributed by atoms with van der Waals surface area (Å²) in [6.45, 7) is 4.03. The van der Waals surface area contributed by atoms with Crippen molar-refractivity contribution in [3.05, 3.63) is 78.0 Å². The first-order valence-corrected chi connectivity index (χ1v) is 8.42. The Labute approximate surface area is 147 Å². The zero-order chi connectivity index (χ0) is 17.3. The third-order valence-electron chi connectivity index (χ3n) is 3.66. The SMILES string of the molecule is CCNC(=NCc1ccccc1)NCc1cc(-c2ccccc2)on1. The second kappa shape index (κ2) is 8.68. The second-order valence-electron chi connectivity index (χ2n) is 5.58. The van der Waals surface area contributed by atoms with Gasteiger partial charge in [-0.2, -0.15) is 0 Å². The molecule has 2 aromatic carbocycles. The lowest BCUT2D eigenvalue weighted by atomic mass is 10.2. The second-order valence-corrected chi connectivity index (χ2v) is 5.58. The van der Waals surface area contributed by atoms with Gasteiger partial charge in [0.05, 0.1) is 13.1 Å². The number of benzene rings is 2. The van der Waals surface area contributed by atoms with Crippen molar-refractivity contribution in [2.75, 3.05) is 6.54 Å². The summed E-state index contributed by atoms with van der Waals surface area (Å²) in [7, 11) is 0. The van der Waals surface area contributed by atoms with Gasteiger partial charge in [-0.1, -0.05) is 65.8 Å². The molecular formula is C20H22N4O. The lowest BCUT2D eigenvalue weighted by Gasteiger charge is -2.09. The molecule has 0 amide bonds. The Morgan fingerprint density at radius 1 is 1.00 bits per heavy atom. The minimum absolute atomic E-state index is 0.553. The Kier molecular flexibility index (Phi) is 5.82. The summed E-state index contributed by atoms with van der Waals surface area (Å²) in [6, 6.07) is 22.1. The molecule has 3 aromatic rings. The fourth-order valence-corrected chi connectivity index (χ4v) is 2.40. The summed E-state index contributed by atoms with van der Waals surface area (Å²) in [5, 5.41) is 10.7. The zero-order valence-electron chi connectivity index (χ0n) is 14.3. The molecule has 0 unspecified atom stereocenters. The van der Waals surface area contributed by atoms with Crippen molar-refractivity contribution in [3.8, 4) is 11.3 Å². The lowest BCUT2D eigenvalue weighted by Crippen LogP contribution is -2.36. The Morgan fingerprint density at radius 3 is 2.44 bits per heavy atom. The molecule has 0 aliphatic heterocycles. The summed E-state index contributed by atoms with van der Waals surface area (Å²) in [6.07, 6.45) is 0. The van der Waals surface area contributed by atoms with E-state index in [0.29, 0.717) is 13.1 Å². The molecule has 3 rings (SSSR count). The molecule has 128 valence electrons. The van der Waals surface area contributed by atoms with E-state index in [1.807, 2.05) is 61.5 Å². The first kappa shape index (κ1) is 16.8. The first-order chi connectivity index (χ1) is 12.3. The molecular weight excluding hydrogens is 312 g/mol. The Morgan fingerprint density at radius 2 is 1.72 bits per heavy atom. The summed E-state index contributed by atoms with van der Waals surface area (Å²) < 4.78 is 5.42. The fraction of sp³-hybridized carbons (Fsp3) is 0.200. The summed E-state index contributed by atoms with van der Waals surface area (Å²) >= 11 is 0. The quantitative estimate of drug-likeness (QED) is 0.534. The van der Waals surface area contributed by atoms with E-state index in [1.165, 1.54) is 5.56 Å². The molecule has 1 aromatic heterocycles. The van der Waals surface area contributed by atoms with E-state index in [4.69, 9.17) is 4.52 Å². The van der Waals surface area contributed by atoms with Crippen molar-refractivity contribution >= 4 is 5.96 Å². The Balaban J connectivity index is 1.61. The summed E-state index contributed by atoms with van der Waals surface area (Å²) in [5.41, 5.74) is 3.03. The van der Waals surface area contributed by atoms with Crippen LogP contribution in [0.3, 0.4) is 0 Å². The molecule has 0 bridgehead atoms. The lowest BCUT2D eigenvalue weighted by molar-refractivity contribution is 0.422. The molecule has 0 saturated carbocycles. The molecule has 2 N–H and O–H groups in total. The normalized spacial score (nSPS) is 11.3. The van der Waals surface area contributed by atoms with Crippen LogP contribution >= 0.6 is 0 Å². The van der Waals surface area contributed by atoms with Crippen LogP contribution in [0.5, 0.6) is 0 Å². The number of aliphatic imine (C=N–C) groups is 1. The van der Waals surface area contributed by atoms with Gasteiger partial charge in [0, 0.05) is 18.2 Å². The van der Waals surface area contributed by atoms with E-state index >= 15 is 0 Å². The van der Waals surface area contributed by atoms with Gasteiger partial charge in [-0.25, -0.2) is 4.99 Å². The smallest absolute Gasteiger partial charge is 0.191 e. The Hall–Kier alpha value is -3.08. The van der Waals surface area contributed by atoms with Gasteiger partial charge in [-0.05, 0) is 12.5 Å². The van der Waals surface area contributed by atoms with Crippen LogP contribution in [-0.4, -0.2) is 17.7 Å². The molecule has 1 heterocycles. The predicted molar refractivity (Wildman–Crippen MR) is 100 cm³/mol. The molecule has 5 nitrogen and oxygen atoms in total. The molecule has 25 heavy (non-hydrogen) atoms. The molecule has 0 radical (unpaired) electrons. The highest BCUT2D eigenvalue weighted by Crippen LogP contribution is 2.19. The van der Waals surface area contributed by atoms with Gasteiger partial charge >= 0.3 is 0 Å². The predicted octanol–water partition coefficient (Wildman–Crippen LogP) is 3.60. The van der Waals surface area contributed by atoms with E-state index in [9.17, 15) is 0 Å². The van der Waals surface area contributed by atoms with Crippen molar-refractivity contribution in [2.45, 2.75) is 20.0 Å². The van der Waals surface area contributed by atoms with Crippen molar-refractivity contribution in [3.63, 3.8) is 0 Å². The standard InChI is InChI=1S/C20H22N4O/c1-2-21-20(22-14-16-9-5-3-6-10-16)23-15-18-13-19(25-24-18)17-11-7-4-8-12-17/h3-13H,2,14-15H2,1H3,(H2,21,22,23). The molecule has 5 heteroatoms. The molecule has 0 atom stereocenters. The van der Waals surface area contributed by atoms with Gasteiger partial charge in [-0.15, -0.1) is 0 Å². The largest absolute Gasteiger partial charge is 0.357 e. The summed E-state index contributed by atoms with van der Waals surface area (Å²) in [5.74, 6) is 1.53. The van der Waals surface area contributed by atoms with E-state index in [2.05, 4.69) is 32.9 Å². The van der Waals surface area contributed by atoms with Crippen molar-refractivity contribution in [2.24, 2.45) is 4.99 Å². The first-order valence-electron chi connectivity index (χ1n) is 8.42. The van der Waals surface area contributed by atoms with E-state index < -0.39 is 0 Å². The third-order valence-corrected chi connectivity index (χ3v) is 3.66. The maximum atomic E-state index is 5.42. The van der Waals surface area contributed by atoms with E-state index in [1.54, 1.807) is 0 Å². The number of aromatic nitrogens is 1. The molecule has 0 aliphatic carbocycles. The van der Waals surface area contributed by atoms with Crippen LogP contribution in [0.25, 0.3) is 11.3 Å². The molecule has 0 saturated heterocycles. The molecule has 0 spiro atoms. The zero-order valence-corrected chi connectivity index (χ0v) is 14.3. The van der Waals surface area contributed by atoms with Crippen LogP contribution in [0.15, 0.2) is 76.2 Å². The number of rotatable bonds is 6. The maximum absolute atomic E-state index is 5.42. The van der Waals surface area contributed by atoms with Crippen LogP contribution < -0.4 is 10.6 Å². The van der Waals surface area contributed by atoms with Gasteiger partial charge in [0.25, 0.3) is 0 Å². The van der Waals surface area contributed by atoms with Gasteiger partial charge < -0.3 is 15.2 Å². The fourth-order valence-electron chi connectivity index (χ4n) is 2.40. The van der Waals surface area contributed by atoms with Crippen LogP contribution in [-0.2, 0) is 13.1 Å². The van der Waals surface area contributed by atoms with Gasteiger partial charge in [0.1, 0.15) is 5.69 Å². The van der Waals surface area contributed by atoms with Crippen LogP contribution in [0.4, 0.5) is 0 Å². The average Bonchev–Trinajstić information content (AvgIpc) is 3.15. The van der Waals surface area contributed by atoms with Gasteiger partial charge in [-0.3, -0.25) is 0 Å². The van der Waals surface area contributed by atoms with Crippen molar-refractivity contribution < 1.29 is 4.52 Å². The van der Waals surface area contributed by atoms with Gasteiger partial charge in [0.15, 0.2) is 11.7 Å². The third kappa shape index (κ3) is 4.94. The highest BCUT2D eigenvalue weighted by molar-refractivity contribution is 5.79. The van der Waals surface area contributed by atoms with E-state index in [-0.39, 0.29) is 0 Å². The van der Waals surface area contributed by atoms with Crippen LogP contribution in [0, 0.1) is 0 Å². The summed E-state index contributed by atoms with van der Waals surface area (Å²) in [4.78, 5) is 4.60. The Bertz CT molecular complexity index is 797. The maximum Gasteiger partial charge on any atom is 0.191 e. The minimum Gasteiger partial charge on any atom is -0.357 e. The number of hydrogen-bond donors (Lipinski definition) is 2. The average molecular weight is 334 g/mol. The highest BCUT2D eigenvalue weighted by Gasteiger charge is 2.07. The van der Waals surface area contributed by atoms with Crippen molar-refractivity contribution in [1.82, 2.24) is 15.8 Å². The van der Waals surface area contributed by atoms with Crippen LogP contribution in [0.2, 0.25) is 0 Å². The topological polar surface area (TPSA) is 62.5 Å². The van der Waals surface area contributed by atoms with E-state index in [0.717, 1.165) is 29.5 Å². The van der Waals surface area contributed by atoms with Gasteiger partial charge in [0.2, 0.25) is 0 Å².